The first kappa shape index (κ1) is 9.66. The second kappa shape index (κ2) is 3.22. The molecule has 0 aromatic heterocycles. The van der Waals surface area contributed by atoms with Crippen LogP contribution >= 0.6 is 7.14 Å². The Morgan fingerprint density at radius 2 is 1.93 bits per heavy atom. The van der Waals surface area contributed by atoms with Crippen LogP contribution in [0.1, 0.15) is 19.8 Å². The molecule has 2 fully saturated rings. The number of hydrogen-bond acceptors (Lipinski definition) is 1. The summed E-state index contributed by atoms with van der Waals surface area (Å²) in [4.78, 5) is 0. The molecule has 1 aromatic carbocycles. The first-order valence-electron chi connectivity index (χ1n) is 5.86. The zero-order chi connectivity index (χ0) is 10.5. The van der Waals surface area contributed by atoms with Gasteiger partial charge in [0.05, 0.1) is 0 Å². The predicted molar refractivity (Wildman–Crippen MR) is 64.2 cm³/mol. The van der Waals surface area contributed by atoms with E-state index >= 15 is 0 Å². The fourth-order valence-electron chi connectivity index (χ4n) is 3.53. The summed E-state index contributed by atoms with van der Waals surface area (Å²) in [5.74, 6) is 1.43. The molecule has 1 aliphatic carbocycles. The number of benzene rings is 1. The molecule has 1 nitrogen and oxygen atoms in total. The molecule has 1 heterocycles. The van der Waals surface area contributed by atoms with Crippen molar-refractivity contribution < 1.29 is 4.57 Å². The minimum Gasteiger partial charge on any atom is -0.318 e. The van der Waals surface area contributed by atoms with Gasteiger partial charge < -0.3 is 4.57 Å². The van der Waals surface area contributed by atoms with E-state index in [2.05, 4.69) is 19.1 Å². The second-order valence-electron chi connectivity index (χ2n) is 5.08. The van der Waals surface area contributed by atoms with E-state index in [1.807, 2.05) is 18.2 Å². The van der Waals surface area contributed by atoms with Gasteiger partial charge in [0.15, 0.2) is 0 Å². The van der Waals surface area contributed by atoms with Crippen molar-refractivity contribution in [3.05, 3.63) is 30.3 Å². The molecule has 1 saturated heterocycles. The molecule has 4 atom stereocenters. The van der Waals surface area contributed by atoms with Gasteiger partial charge in [-0.15, -0.1) is 0 Å². The lowest BCUT2D eigenvalue weighted by Crippen LogP contribution is -2.16. The van der Waals surface area contributed by atoms with Crippen LogP contribution in [-0.4, -0.2) is 11.8 Å². The molecule has 2 aliphatic rings. The van der Waals surface area contributed by atoms with Crippen LogP contribution in [0.25, 0.3) is 0 Å². The van der Waals surface area contributed by atoms with Gasteiger partial charge >= 0.3 is 0 Å². The summed E-state index contributed by atoms with van der Waals surface area (Å²) in [6.07, 6.45) is 3.48. The van der Waals surface area contributed by atoms with Gasteiger partial charge in [-0.2, -0.15) is 0 Å². The van der Waals surface area contributed by atoms with Crippen molar-refractivity contribution in [2.24, 2.45) is 11.8 Å². The molecule has 0 radical (unpaired) electrons. The summed E-state index contributed by atoms with van der Waals surface area (Å²) in [5, 5.41) is 1.13. The highest BCUT2D eigenvalue weighted by atomic mass is 31.2. The fourth-order valence-corrected chi connectivity index (χ4v) is 7.85. The van der Waals surface area contributed by atoms with Crippen LogP contribution in [0.3, 0.4) is 0 Å². The first-order chi connectivity index (χ1) is 7.22. The van der Waals surface area contributed by atoms with E-state index in [0.29, 0.717) is 11.6 Å². The zero-order valence-electron chi connectivity index (χ0n) is 9.10. The Kier molecular flexibility index (Phi) is 2.07. The highest BCUT2D eigenvalue weighted by molar-refractivity contribution is 7.72. The minimum atomic E-state index is -2.04. The molecular formula is C13H17OP. The Balaban J connectivity index is 2.04. The normalized spacial score (nSPS) is 43.4. The SMILES string of the molecule is C[C@H]1C2CCC1P(=O)(c1ccccc1)C2. The fraction of sp³-hybridized carbons (Fsp3) is 0.538. The standard InChI is InChI=1S/C13H17OP/c1-10-11-7-8-13(10)15(14,9-11)12-5-3-2-4-6-12/h2-6,10-11,13H,7-9H2,1H3/t10-,11?,13?,15?/m0/s1. The van der Waals surface area contributed by atoms with Crippen LogP contribution in [-0.2, 0) is 4.57 Å². The molecule has 1 saturated carbocycles. The molecule has 80 valence electrons. The van der Waals surface area contributed by atoms with Gasteiger partial charge in [0.1, 0.15) is 7.14 Å². The predicted octanol–water partition coefficient (Wildman–Crippen LogP) is 3.10. The molecule has 0 N–H and O–H groups in total. The smallest absolute Gasteiger partial charge is 0.119 e. The zero-order valence-corrected chi connectivity index (χ0v) is 9.99. The average molecular weight is 220 g/mol. The molecule has 2 bridgehead atoms. The Hall–Kier alpha value is -0.550. The average Bonchev–Trinajstić information content (AvgIpc) is 2.74. The second-order valence-corrected chi connectivity index (χ2v) is 8.21. The van der Waals surface area contributed by atoms with Crippen LogP contribution in [0.15, 0.2) is 30.3 Å². The van der Waals surface area contributed by atoms with Gasteiger partial charge in [0.25, 0.3) is 0 Å². The van der Waals surface area contributed by atoms with E-state index in [-0.39, 0.29) is 0 Å². The first-order valence-corrected chi connectivity index (χ1v) is 7.82. The van der Waals surface area contributed by atoms with Crippen LogP contribution < -0.4 is 5.30 Å². The summed E-state index contributed by atoms with van der Waals surface area (Å²) in [6, 6.07) is 10.2. The number of fused-ring (bicyclic) bond motifs is 2. The van der Waals surface area contributed by atoms with Gasteiger partial charge in [-0.25, -0.2) is 0 Å². The van der Waals surface area contributed by atoms with Gasteiger partial charge in [0, 0.05) is 17.1 Å². The minimum absolute atomic E-state index is 0.491. The third kappa shape index (κ3) is 1.26. The topological polar surface area (TPSA) is 17.1 Å². The van der Waals surface area contributed by atoms with E-state index in [4.69, 9.17) is 0 Å². The van der Waals surface area contributed by atoms with Crippen molar-refractivity contribution in [2.75, 3.05) is 6.16 Å². The van der Waals surface area contributed by atoms with E-state index in [9.17, 15) is 4.57 Å². The van der Waals surface area contributed by atoms with Crippen molar-refractivity contribution in [2.45, 2.75) is 25.4 Å². The molecule has 0 spiro atoms. The molecule has 15 heavy (non-hydrogen) atoms. The lowest BCUT2D eigenvalue weighted by Gasteiger charge is -2.23. The van der Waals surface area contributed by atoms with Crippen LogP contribution in [0.4, 0.5) is 0 Å². The molecule has 0 amide bonds. The molecule has 1 aromatic rings. The van der Waals surface area contributed by atoms with E-state index < -0.39 is 7.14 Å². The largest absolute Gasteiger partial charge is 0.318 e. The van der Waals surface area contributed by atoms with Crippen LogP contribution in [0.5, 0.6) is 0 Å². The van der Waals surface area contributed by atoms with Crippen molar-refractivity contribution in [3.8, 4) is 0 Å². The van der Waals surface area contributed by atoms with Gasteiger partial charge in [-0.05, 0) is 24.7 Å². The monoisotopic (exact) mass is 220 g/mol. The highest BCUT2D eigenvalue weighted by Crippen LogP contribution is 2.67. The van der Waals surface area contributed by atoms with Crippen molar-refractivity contribution >= 4 is 12.4 Å². The maximum absolute atomic E-state index is 13.0. The lowest BCUT2D eigenvalue weighted by molar-refractivity contribution is 0.491. The maximum atomic E-state index is 13.0. The van der Waals surface area contributed by atoms with Gasteiger partial charge in [-0.1, -0.05) is 37.3 Å². The van der Waals surface area contributed by atoms with E-state index in [0.717, 1.165) is 17.4 Å². The Morgan fingerprint density at radius 3 is 2.47 bits per heavy atom. The quantitative estimate of drug-likeness (QED) is 0.665. The Morgan fingerprint density at radius 1 is 1.20 bits per heavy atom. The third-order valence-electron chi connectivity index (χ3n) is 4.42. The van der Waals surface area contributed by atoms with Crippen molar-refractivity contribution in [1.82, 2.24) is 0 Å². The van der Waals surface area contributed by atoms with Gasteiger partial charge in [-0.3, -0.25) is 0 Å². The molecular weight excluding hydrogens is 203 g/mol. The van der Waals surface area contributed by atoms with Crippen LogP contribution in [0.2, 0.25) is 0 Å². The lowest BCUT2D eigenvalue weighted by atomic mass is 10.0. The van der Waals surface area contributed by atoms with E-state index in [1.165, 1.54) is 12.8 Å². The van der Waals surface area contributed by atoms with Crippen molar-refractivity contribution in [1.29, 1.82) is 0 Å². The van der Waals surface area contributed by atoms with Crippen molar-refractivity contribution in [3.63, 3.8) is 0 Å². The third-order valence-corrected chi connectivity index (χ3v) is 8.40. The molecule has 2 heteroatoms. The maximum Gasteiger partial charge on any atom is 0.119 e. The highest BCUT2D eigenvalue weighted by Gasteiger charge is 2.53. The summed E-state index contributed by atoms with van der Waals surface area (Å²) >= 11 is 0. The molecule has 3 unspecified atom stereocenters. The Labute approximate surface area is 91.3 Å². The molecule has 3 rings (SSSR count). The molecule has 1 aliphatic heterocycles. The Bertz CT molecular complexity index is 412. The van der Waals surface area contributed by atoms with Crippen LogP contribution in [0, 0.1) is 11.8 Å². The van der Waals surface area contributed by atoms with Gasteiger partial charge in [0.2, 0.25) is 0 Å². The summed E-state index contributed by atoms with van der Waals surface area (Å²) in [6.45, 7) is 2.30. The summed E-state index contributed by atoms with van der Waals surface area (Å²) < 4.78 is 13.0. The summed E-state index contributed by atoms with van der Waals surface area (Å²) in [7, 11) is -2.04. The summed E-state index contributed by atoms with van der Waals surface area (Å²) in [5.41, 5.74) is 0.491. The number of rotatable bonds is 1. The van der Waals surface area contributed by atoms with E-state index in [1.54, 1.807) is 0 Å². The number of hydrogen-bond donors (Lipinski definition) is 0.